The molecular weight excluding hydrogens is 166 g/mol. The molecule has 0 aliphatic heterocycles. The Morgan fingerprint density at radius 3 is 2.33 bits per heavy atom. The zero-order chi connectivity index (χ0) is 8.97. The quantitative estimate of drug-likeness (QED) is 0.719. The van der Waals surface area contributed by atoms with Crippen molar-refractivity contribution in [2.24, 2.45) is 0 Å². The van der Waals surface area contributed by atoms with Crippen LogP contribution >= 0.6 is 11.8 Å². The largest absolute Gasteiger partial charge is 0.376 e. The first kappa shape index (κ1) is 9.46. The molecule has 0 radical (unpaired) electrons. The first-order valence-electron chi connectivity index (χ1n) is 4.04. The molecule has 0 aromatic heterocycles. The van der Waals surface area contributed by atoms with Gasteiger partial charge in [0.25, 0.3) is 0 Å². The second-order valence-electron chi connectivity index (χ2n) is 2.88. The Bertz CT molecular complexity index is 238. The van der Waals surface area contributed by atoms with Gasteiger partial charge in [-0.25, -0.2) is 0 Å². The summed E-state index contributed by atoms with van der Waals surface area (Å²) in [6.45, 7) is 4.27. The first-order chi connectivity index (χ1) is 5.75. The molecule has 1 aromatic rings. The summed E-state index contributed by atoms with van der Waals surface area (Å²) in [6.07, 6.45) is 2.10. The van der Waals surface area contributed by atoms with Gasteiger partial charge in [0.05, 0.1) is 5.88 Å². The van der Waals surface area contributed by atoms with Crippen molar-refractivity contribution in [3.63, 3.8) is 0 Å². The van der Waals surface area contributed by atoms with Crippen molar-refractivity contribution in [3.05, 3.63) is 29.3 Å². The fourth-order valence-corrected chi connectivity index (χ4v) is 1.53. The molecule has 0 amide bonds. The first-order valence-corrected chi connectivity index (χ1v) is 5.44. The lowest BCUT2D eigenvalue weighted by atomic mass is 10.1. The Hall–Kier alpha value is -0.630. The summed E-state index contributed by atoms with van der Waals surface area (Å²) in [5.74, 6) is 0.978. The fourth-order valence-electron chi connectivity index (χ4n) is 1.24. The molecule has 0 spiro atoms. The van der Waals surface area contributed by atoms with Crippen molar-refractivity contribution >= 4 is 17.4 Å². The van der Waals surface area contributed by atoms with E-state index < -0.39 is 0 Å². The Morgan fingerprint density at radius 1 is 1.25 bits per heavy atom. The second kappa shape index (κ2) is 4.41. The van der Waals surface area contributed by atoms with Gasteiger partial charge < -0.3 is 5.32 Å². The van der Waals surface area contributed by atoms with Crippen molar-refractivity contribution in [1.29, 1.82) is 0 Å². The molecule has 1 aromatic carbocycles. The van der Waals surface area contributed by atoms with Gasteiger partial charge in [-0.3, -0.25) is 0 Å². The molecule has 1 nitrogen and oxygen atoms in total. The number of anilines is 1. The topological polar surface area (TPSA) is 12.0 Å². The average molecular weight is 181 g/mol. The molecule has 0 saturated heterocycles. The van der Waals surface area contributed by atoms with Gasteiger partial charge in [-0.2, -0.15) is 0 Å². The van der Waals surface area contributed by atoms with Gasteiger partial charge in [-0.05, 0) is 31.2 Å². The van der Waals surface area contributed by atoms with Gasteiger partial charge in [0, 0.05) is 5.69 Å². The van der Waals surface area contributed by atoms with Crippen LogP contribution in [0.25, 0.3) is 0 Å². The molecule has 2 heteroatoms. The van der Waals surface area contributed by atoms with Crippen LogP contribution in [0.2, 0.25) is 0 Å². The van der Waals surface area contributed by atoms with E-state index in [4.69, 9.17) is 0 Å². The smallest absolute Gasteiger partial charge is 0.0608 e. The maximum atomic E-state index is 3.39. The molecule has 12 heavy (non-hydrogen) atoms. The van der Waals surface area contributed by atoms with Crippen LogP contribution in [0.4, 0.5) is 5.69 Å². The van der Waals surface area contributed by atoms with E-state index in [0.717, 1.165) is 5.88 Å². The van der Waals surface area contributed by atoms with Gasteiger partial charge in [0.15, 0.2) is 0 Å². The van der Waals surface area contributed by atoms with Gasteiger partial charge >= 0.3 is 0 Å². The molecule has 0 saturated carbocycles. The average Bonchev–Trinajstić information content (AvgIpc) is 2.04. The number of para-hydroxylation sites is 1. The van der Waals surface area contributed by atoms with Gasteiger partial charge in [-0.15, -0.1) is 11.8 Å². The molecule has 1 N–H and O–H groups in total. The highest BCUT2D eigenvalue weighted by atomic mass is 32.2. The second-order valence-corrected chi connectivity index (χ2v) is 3.74. The number of hydrogen-bond acceptors (Lipinski definition) is 2. The maximum absolute atomic E-state index is 3.39. The predicted molar refractivity (Wildman–Crippen MR) is 57.9 cm³/mol. The van der Waals surface area contributed by atoms with Crippen molar-refractivity contribution < 1.29 is 0 Å². The van der Waals surface area contributed by atoms with Crippen LogP contribution < -0.4 is 5.32 Å². The van der Waals surface area contributed by atoms with E-state index in [0.29, 0.717) is 0 Å². The number of aryl methyl sites for hydroxylation is 2. The Morgan fingerprint density at radius 2 is 1.83 bits per heavy atom. The lowest BCUT2D eigenvalue weighted by molar-refractivity contribution is 1.32. The third kappa shape index (κ3) is 2.18. The number of rotatable bonds is 3. The molecule has 1 rings (SSSR count). The van der Waals surface area contributed by atoms with E-state index in [-0.39, 0.29) is 0 Å². The fraction of sp³-hybridized carbons (Fsp3) is 0.400. The lowest BCUT2D eigenvalue weighted by Crippen LogP contribution is -2.00. The highest BCUT2D eigenvalue weighted by molar-refractivity contribution is 7.98. The molecule has 0 atom stereocenters. The molecular formula is C10H15NS. The highest BCUT2D eigenvalue weighted by Crippen LogP contribution is 2.19. The molecule has 0 unspecified atom stereocenters. The van der Waals surface area contributed by atoms with Crippen molar-refractivity contribution in [1.82, 2.24) is 0 Å². The zero-order valence-corrected chi connectivity index (χ0v) is 8.66. The van der Waals surface area contributed by atoms with Gasteiger partial charge in [0.2, 0.25) is 0 Å². The molecule has 66 valence electrons. The zero-order valence-electron chi connectivity index (χ0n) is 7.85. The minimum absolute atomic E-state index is 0.978. The van der Waals surface area contributed by atoms with Crippen LogP contribution in [0.15, 0.2) is 18.2 Å². The minimum Gasteiger partial charge on any atom is -0.376 e. The number of thioether (sulfide) groups is 1. The van der Waals surface area contributed by atoms with Crippen molar-refractivity contribution in [2.75, 3.05) is 17.4 Å². The third-order valence-corrected chi connectivity index (χ3v) is 2.31. The third-order valence-electron chi connectivity index (χ3n) is 1.87. The van der Waals surface area contributed by atoms with Crippen LogP contribution in [-0.2, 0) is 0 Å². The number of hydrogen-bond donors (Lipinski definition) is 1. The summed E-state index contributed by atoms with van der Waals surface area (Å²) in [5, 5.41) is 3.39. The molecule has 0 fully saturated rings. The summed E-state index contributed by atoms with van der Waals surface area (Å²) >= 11 is 1.80. The predicted octanol–water partition coefficient (Wildman–Crippen LogP) is 3.04. The standard InChI is InChI=1S/C10H15NS/c1-8-5-4-6-9(2)10(8)11-7-12-3/h4-6,11H,7H2,1-3H3. The Balaban J connectivity index is 2.81. The lowest BCUT2D eigenvalue weighted by Gasteiger charge is -2.10. The van der Waals surface area contributed by atoms with Crippen molar-refractivity contribution in [3.8, 4) is 0 Å². The van der Waals surface area contributed by atoms with Crippen LogP contribution in [0.3, 0.4) is 0 Å². The minimum atomic E-state index is 0.978. The van der Waals surface area contributed by atoms with Gasteiger partial charge in [0.1, 0.15) is 0 Å². The Labute approximate surface area is 78.6 Å². The maximum Gasteiger partial charge on any atom is 0.0608 e. The molecule has 0 aliphatic rings. The molecule has 0 aliphatic carbocycles. The normalized spacial score (nSPS) is 9.92. The summed E-state index contributed by atoms with van der Waals surface area (Å²) < 4.78 is 0. The highest BCUT2D eigenvalue weighted by Gasteiger charge is 1.98. The van der Waals surface area contributed by atoms with E-state index >= 15 is 0 Å². The van der Waals surface area contributed by atoms with E-state index in [1.807, 2.05) is 0 Å². The summed E-state index contributed by atoms with van der Waals surface area (Å²) in [7, 11) is 0. The molecule has 0 bridgehead atoms. The van der Waals surface area contributed by atoms with E-state index in [2.05, 4.69) is 43.6 Å². The van der Waals surface area contributed by atoms with E-state index in [1.165, 1.54) is 16.8 Å². The van der Waals surface area contributed by atoms with Crippen LogP contribution in [0.1, 0.15) is 11.1 Å². The Kier molecular flexibility index (Phi) is 3.48. The van der Waals surface area contributed by atoms with Crippen molar-refractivity contribution in [2.45, 2.75) is 13.8 Å². The van der Waals surface area contributed by atoms with Crippen LogP contribution in [0.5, 0.6) is 0 Å². The summed E-state index contributed by atoms with van der Waals surface area (Å²) in [6, 6.07) is 6.36. The summed E-state index contributed by atoms with van der Waals surface area (Å²) in [4.78, 5) is 0. The van der Waals surface area contributed by atoms with Gasteiger partial charge in [-0.1, -0.05) is 18.2 Å². The monoisotopic (exact) mass is 181 g/mol. The summed E-state index contributed by atoms with van der Waals surface area (Å²) in [5.41, 5.74) is 3.93. The van der Waals surface area contributed by atoms with Crippen LogP contribution in [0, 0.1) is 13.8 Å². The number of nitrogens with one attached hydrogen (secondary N) is 1. The SMILES string of the molecule is CSCNc1c(C)cccc1C. The van der Waals surface area contributed by atoms with E-state index in [9.17, 15) is 0 Å². The number of benzene rings is 1. The van der Waals surface area contributed by atoms with Crippen LogP contribution in [-0.4, -0.2) is 12.1 Å². The van der Waals surface area contributed by atoms with E-state index in [1.54, 1.807) is 11.8 Å². The molecule has 0 heterocycles.